The zero-order chi connectivity index (χ0) is 16.7. The van der Waals surface area contributed by atoms with E-state index in [2.05, 4.69) is 10.4 Å². The van der Waals surface area contributed by atoms with Crippen LogP contribution in [0.2, 0.25) is 0 Å². The fraction of sp³-hybridized carbons (Fsp3) is 0.389. The quantitative estimate of drug-likeness (QED) is 0.820. The first-order chi connectivity index (χ1) is 11.6. The van der Waals surface area contributed by atoms with Crippen LogP contribution in [0.15, 0.2) is 36.4 Å². The van der Waals surface area contributed by atoms with Gasteiger partial charge in [-0.3, -0.25) is 14.3 Å². The van der Waals surface area contributed by atoms with E-state index >= 15 is 0 Å². The molecular formula is C18H19N3O3. The molecule has 0 saturated heterocycles. The van der Waals surface area contributed by atoms with Gasteiger partial charge in [-0.15, -0.1) is 0 Å². The highest BCUT2D eigenvalue weighted by Gasteiger charge is 2.66. The molecule has 1 aliphatic heterocycles. The van der Waals surface area contributed by atoms with Crippen LogP contribution < -0.4 is 5.32 Å². The lowest BCUT2D eigenvalue weighted by molar-refractivity contribution is -0.149. The molecule has 2 aromatic rings. The molecule has 0 bridgehead atoms. The number of hydrogen-bond donors (Lipinski definition) is 2. The lowest BCUT2D eigenvalue weighted by Crippen LogP contribution is -2.38. The van der Waals surface area contributed by atoms with Crippen molar-refractivity contribution in [1.29, 1.82) is 0 Å². The van der Waals surface area contributed by atoms with E-state index in [0.29, 0.717) is 6.42 Å². The first-order valence-electron chi connectivity index (χ1n) is 8.23. The Bertz CT molecular complexity index is 778. The maximum absolute atomic E-state index is 12.6. The van der Waals surface area contributed by atoms with Crippen LogP contribution in [-0.4, -0.2) is 26.8 Å². The van der Waals surface area contributed by atoms with E-state index in [0.717, 1.165) is 30.6 Å². The summed E-state index contributed by atoms with van der Waals surface area (Å²) in [5, 5.41) is 16.8. The average Bonchev–Trinajstić information content (AvgIpc) is 3.02. The second-order valence-electron chi connectivity index (χ2n) is 6.58. The predicted octanol–water partition coefficient (Wildman–Crippen LogP) is 1.70. The van der Waals surface area contributed by atoms with Crippen LogP contribution in [0.3, 0.4) is 0 Å². The number of nitrogens with one attached hydrogen (secondary N) is 1. The minimum absolute atomic E-state index is 0.261. The Balaban J connectivity index is 1.46. The molecule has 24 heavy (non-hydrogen) atoms. The molecule has 1 aromatic carbocycles. The van der Waals surface area contributed by atoms with Gasteiger partial charge in [0.25, 0.3) is 0 Å². The third kappa shape index (κ3) is 2.29. The number of benzene rings is 1. The molecule has 2 N–H and O–H groups in total. The van der Waals surface area contributed by atoms with Crippen LogP contribution in [0, 0.1) is 5.41 Å². The normalized spacial score (nSPS) is 24.4. The van der Waals surface area contributed by atoms with E-state index < -0.39 is 17.3 Å². The topological polar surface area (TPSA) is 84.2 Å². The van der Waals surface area contributed by atoms with E-state index in [1.54, 1.807) is 0 Å². The monoisotopic (exact) mass is 325 g/mol. The van der Waals surface area contributed by atoms with E-state index in [1.807, 2.05) is 41.1 Å². The predicted molar refractivity (Wildman–Crippen MR) is 86.3 cm³/mol. The number of fused-ring (bicyclic) bond motifs is 1. The molecule has 6 heteroatoms. The molecule has 4 rings (SSSR count). The van der Waals surface area contributed by atoms with E-state index in [4.69, 9.17) is 0 Å². The minimum atomic E-state index is -1.34. The van der Waals surface area contributed by atoms with Crippen molar-refractivity contribution in [1.82, 2.24) is 15.1 Å². The van der Waals surface area contributed by atoms with Crippen molar-refractivity contribution in [2.45, 2.75) is 38.3 Å². The Labute approximate surface area is 139 Å². The molecule has 2 heterocycles. The summed E-state index contributed by atoms with van der Waals surface area (Å²) < 4.78 is 1.96. The molecule has 1 fully saturated rings. The Morgan fingerprint density at radius 1 is 1.33 bits per heavy atom. The number of carbonyl (C=O) groups excluding carboxylic acids is 1. The number of aliphatic carboxylic acids is 1. The summed E-state index contributed by atoms with van der Waals surface area (Å²) in [4.78, 5) is 24.3. The summed E-state index contributed by atoms with van der Waals surface area (Å²) in [5.41, 5.74) is 1.52. The Hall–Kier alpha value is -2.63. The molecule has 1 amide bonds. The Morgan fingerprint density at radius 2 is 2.12 bits per heavy atom. The van der Waals surface area contributed by atoms with Gasteiger partial charge in [-0.25, -0.2) is 0 Å². The fourth-order valence-electron chi connectivity index (χ4n) is 3.67. The van der Waals surface area contributed by atoms with Gasteiger partial charge in [0, 0.05) is 18.2 Å². The van der Waals surface area contributed by atoms with Gasteiger partial charge in [0.2, 0.25) is 5.91 Å². The number of nitrogens with zero attached hydrogens (tertiary/aromatic N) is 2. The minimum Gasteiger partial charge on any atom is -0.480 e. The van der Waals surface area contributed by atoms with Gasteiger partial charge in [0.1, 0.15) is 0 Å². The Kier molecular flexibility index (Phi) is 3.40. The van der Waals surface area contributed by atoms with Crippen LogP contribution in [-0.2, 0) is 29.1 Å². The lowest BCUT2D eigenvalue weighted by atomic mass is 9.98. The van der Waals surface area contributed by atoms with E-state index in [9.17, 15) is 14.7 Å². The molecule has 6 nitrogen and oxygen atoms in total. The SMILES string of the molecule is O=C(O)C1(C(=O)NCc2cc3n(n2)CCC3)CC1c1ccccc1. The maximum Gasteiger partial charge on any atom is 0.319 e. The van der Waals surface area contributed by atoms with Gasteiger partial charge in [-0.2, -0.15) is 5.10 Å². The molecule has 2 aliphatic rings. The van der Waals surface area contributed by atoms with Gasteiger partial charge in [0.15, 0.2) is 5.41 Å². The number of rotatable bonds is 5. The number of hydrogen-bond acceptors (Lipinski definition) is 3. The number of aryl methyl sites for hydroxylation is 2. The van der Waals surface area contributed by atoms with Crippen LogP contribution in [0.25, 0.3) is 0 Å². The zero-order valence-electron chi connectivity index (χ0n) is 13.2. The summed E-state index contributed by atoms with van der Waals surface area (Å²) >= 11 is 0. The standard InChI is InChI=1S/C18H19N3O3/c22-16(19-11-13-9-14-7-4-8-21(14)20-13)18(17(23)24)10-15(18)12-5-2-1-3-6-12/h1-3,5-6,9,15H,4,7-8,10-11H2,(H,19,22)(H,23,24). The third-order valence-corrected chi connectivity index (χ3v) is 5.10. The highest BCUT2D eigenvalue weighted by molar-refractivity contribution is 6.06. The van der Waals surface area contributed by atoms with E-state index in [1.165, 1.54) is 5.69 Å². The smallest absolute Gasteiger partial charge is 0.319 e. The number of carboxylic acid groups (broad SMARTS) is 1. The van der Waals surface area contributed by atoms with Gasteiger partial charge >= 0.3 is 5.97 Å². The van der Waals surface area contributed by atoms with Crippen molar-refractivity contribution in [3.05, 3.63) is 53.3 Å². The maximum atomic E-state index is 12.6. The van der Waals surface area contributed by atoms with Gasteiger partial charge in [0.05, 0.1) is 12.2 Å². The van der Waals surface area contributed by atoms with Gasteiger partial charge in [-0.1, -0.05) is 30.3 Å². The molecule has 1 aliphatic carbocycles. The van der Waals surface area contributed by atoms with Gasteiger partial charge in [-0.05, 0) is 30.9 Å². The van der Waals surface area contributed by atoms with Crippen molar-refractivity contribution in [3.63, 3.8) is 0 Å². The summed E-state index contributed by atoms with van der Waals surface area (Å²) in [6.45, 7) is 1.19. The lowest BCUT2D eigenvalue weighted by Gasteiger charge is -2.12. The highest BCUT2D eigenvalue weighted by Crippen LogP contribution is 2.59. The number of amides is 1. The first-order valence-corrected chi connectivity index (χ1v) is 8.23. The van der Waals surface area contributed by atoms with Crippen LogP contribution in [0.1, 0.15) is 35.7 Å². The molecule has 124 valence electrons. The molecule has 0 radical (unpaired) electrons. The number of aromatic nitrogens is 2. The number of carboxylic acids is 1. The molecule has 2 atom stereocenters. The van der Waals surface area contributed by atoms with Crippen LogP contribution >= 0.6 is 0 Å². The summed E-state index contributed by atoms with van der Waals surface area (Å²) in [6, 6.07) is 11.4. The second-order valence-corrected chi connectivity index (χ2v) is 6.58. The fourth-order valence-corrected chi connectivity index (χ4v) is 3.67. The molecule has 0 spiro atoms. The molecular weight excluding hydrogens is 306 g/mol. The molecule has 2 unspecified atom stereocenters. The largest absolute Gasteiger partial charge is 0.480 e. The molecule has 1 aromatic heterocycles. The summed E-state index contributed by atoms with van der Waals surface area (Å²) in [7, 11) is 0. The Morgan fingerprint density at radius 3 is 2.83 bits per heavy atom. The highest BCUT2D eigenvalue weighted by atomic mass is 16.4. The van der Waals surface area contributed by atoms with Gasteiger partial charge < -0.3 is 10.4 Å². The third-order valence-electron chi connectivity index (χ3n) is 5.10. The second kappa shape index (κ2) is 5.47. The van der Waals surface area contributed by atoms with Crippen molar-refractivity contribution >= 4 is 11.9 Å². The van der Waals surface area contributed by atoms with E-state index in [-0.39, 0.29) is 12.5 Å². The zero-order valence-corrected chi connectivity index (χ0v) is 13.2. The first kappa shape index (κ1) is 14.9. The van der Waals surface area contributed by atoms with Crippen LogP contribution in [0.5, 0.6) is 0 Å². The number of carbonyl (C=O) groups is 2. The van der Waals surface area contributed by atoms with Crippen LogP contribution in [0.4, 0.5) is 0 Å². The summed E-state index contributed by atoms with van der Waals surface area (Å²) in [5.74, 6) is -1.73. The average molecular weight is 325 g/mol. The van der Waals surface area contributed by atoms with Crippen molar-refractivity contribution in [3.8, 4) is 0 Å². The summed E-state index contributed by atoms with van der Waals surface area (Å²) in [6.07, 6.45) is 2.46. The molecule has 1 saturated carbocycles. The van der Waals surface area contributed by atoms with Crippen molar-refractivity contribution < 1.29 is 14.7 Å². The van der Waals surface area contributed by atoms with Crippen molar-refractivity contribution in [2.75, 3.05) is 0 Å². The van der Waals surface area contributed by atoms with Crippen molar-refractivity contribution in [2.24, 2.45) is 5.41 Å².